The lowest BCUT2D eigenvalue weighted by Gasteiger charge is -2.19. The van der Waals surface area contributed by atoms with Crippen molar-refractivity contribution in [2.24, 2.45) is 4.99 Å². The fourth-order valence-corrected chi connectivity index (χ4v) is 4.38. The van der Waals surface area contributed by atoms with E-state index in [2.05, 4.69) is 60.7 Å². The van der Waals surface area contributed by atoms with E-state index >= 15 is 0 Å². The van der Waals surface area contributed by atoms with Crippen molar-refractivity contribution in [3.8, 4) is 0 Å². The van der Waals surface area contributed by atoms with Crippen molar-refractivity contribution in [3.05, 3.63) is 35.4 Å². The monoisotopic (exact) mass is 351 g/mol. The van der Waals surface area contributed by atoms with E-state index in [4.69, 9.17) is 0 Å². The molecular weight excluding hydrogens is 322 g/mol. The average Bonchev–Trinajstić information content (AvgIpc) is 2.83. The smallest absolute Gasteiger partial charge is 0.191 e. The van der Waals surface area contributed by atoms with Crippen molar-refractivity contribution in [2.75, 3.05) is 18.1 Å². The third kappa shape index (κ3) is 5.51. The fourth-order valence-electron chi connectivity index (χ4n) is 2.70. The molecule has 0 bridgehead atoms. The largest absolute Gasteiger partial charge is 0.357 e. The Kier molecular flexibility index (Phi) is 5.91. The quantitative estimate of drug-likeness (QED) is 0.645. The minimum absolute atomic E-state index is 0.0453. The highest BCUT2D eigenvalue weighted by Gasteiger charge is 2.28. The van der Waals surface area contributed by atoms with Crippen molar-refractivity contribution in [1.29, 1.82) is 0 Å². The molecule has 1 aliphatic heterocycles. The molecule has 1 saturated heterocycles. The van der Waals surface area contributed by atoms with Crippen LogP contribution >= 0.6 is 0 Å². The van der Waals surface area contributed by atoms with Gasteiger partial charge in [-0.25, -0.2) is 13.4 Å². The van der Waals surface area contributed by atoms with Gasteiger partial charge in [-0.3, -0.25) is 0 Å². The standard InChI is InChI=1S/C18H29N3O2S/c1-5-19-17(21-16-10-11-24(22,23)13-16)20-12-14-6-8-15(9-7-14)18(2,3)4/h6-9,16H,5,10-13H2,1-4H3,(H2,19,20,21). The predicted octanol–water partition coefficient (Wildman–Crippen LogP) is 2.23. The first-order valence-electron chi connectivity index (χ1n) is 8.54. The first kappa shape index (κ1) is 18.8. The number of sulfone groups is 1. The Hall–Kier alpha value is -1.56. The molecule has 1 aromatic carbocycles. The number of nitrogens with one attached hydrogen (secondary N) is 2. The first-order chi connectivity index (χ1) is 11.2. The van der Waals surface area contributed by atoms with E-state index in [9.17, 15) is 8.42 Å². The number of hydrogen-bond acceptors (Lipinski definition) is 3. The van der Waals surface area contributed by atoms with Crippen molar-refractivity contribution in [3.63, 3.8) is 0 Å². The summed E-state index contributed by atoms with van der Waals surface area (Å²) >= 11 is 0. The molecule has 0 radical (unpaired) electrons. The Bertz CT molecular complexity index is 673. The molecule has 1 aliphatic rings. The van der Waals surface area contributed by atoms with Gasteiger partial charge in [-0.15, -0.1) is 0 Å². The maximum Gasteiger partial charge on any atom is 0.191 e. The van der Waals surface area contributed by atoms with Crippen LogP contribution in [-0.2, 0) is 21.8 Å². The molecule has 1 aromatic rings. The van der Waals surface area contributed by atoms with E-state index in [-0.39, 0.29) is 23.0 Å². The third-order valence-electron chi connectivity index (χ3n) is 4.16. The van der Waals surface area contributed by atoms with Gasteiger partial charge in [0.2, 0.25) is 0 Å². The number of nitrogens with zero attached hydrogens (tertiary/aromatic N) is 1. The van der Waals surface area contributed by atoms with E-state index in [1.807, 2.05) is 6.92 Å². The van der Waals surface area contributed by atoms with Gasteiger partial charge in [-0.05, 0) is 29.9 Å². The molecule has 0 amide bonds. The topological polar surface area (TPSA) is 70.6 Å². The normalized spacial score (nSPS) is 20.8. The van der Waals surface area contributed by atoms with Crippen LogP contribution in [0, 0.1) is 0 Å². The zero-order valence-corrected chi connectivity index (χ0v) is 15.9. The lowest BCUT2D eigenvalue weighted by atomic mass is 9.87. The minimum atomic E-state index is -2.89. The van der Waals surface area contributed by atoms with Gasteiger partial charge in [-0.2, -0.15) is 0 Å². The Labute approximate surface area is 145 Å². The SMILES string of the molecule is CCNC(=NCc1ccc(C(C)(C)C)cc1)NC1CCS(=O)(=O)C1. The molecule has 2 rings (SSSR count). The van der Waals surface area contributed by atoms with Crippen molar-refractivity contribution < 1.29 is 8.42 Å². The molecule has 0 aliphatic carbocycles. The number of aliphatic imine (C=N–C) groups is 1. The van der Waals surface area contributed by atoms with Crippen LogP contribution in [0.2, 0.25) is 0 Å². The molecule has 1 fully saturated rings. The number of guanidine groups is 1. The van der Waals surface area contributed by atoms with E-state index < -0.39 is 9.84 Å². The van der Waals surface area contributed by atoms with Crippen molar-refractivity contribution in [1.82, 2.24) is 10.6 Å². The molecular formula is C18H29N3O2S. The Morgan fingerprint density at radius 1 is 1.25 bits per heavy atom. The molecule has 1 unspecified atom stereocenters. The molecule has 134 valence electrons. The van der Waals surface area contributed by atoms with E-state index in [1.165, 1.54) is 5.56 Å². The Balaban J connectivity index is 2.00. The van der Waals surface area contributed by atoms with Crippen LogP contribution in [-0.4, -0.2) is 38.5 Å². The van der Waals surface area contributed by atoms with Gasteiger partial charge in [-0.1, -0.05) is 45.0 Å². The van der Waals surface area contributed by atoms with Crippen LogP contribution in [0.5, 0.6) is 0 Å². The molecule has 6 heteroatoms. The predicted molar refractivity (Wildman–Crippen MR) is 100 cm³/mol. The average molecular weight is 352 g/mol. The van der Waals surface area contributed by atoms with Gasteiger partial charge in [0.05, 0.1) is 18.1 Å². The summed E-state index contributed by atoms with van der Waals surface area (Å²) in [7, 11) is -2.89. The third-order valence-corrected chi connectivity index (χ3v) is 5.93. The second-order valence-electron chi connectivity index (χ2n) is 7.39. The number of benzene rings is 1. The number of hydrogen-bond donors (Lipinski definition) is 2. The summed E-state index contributed by atoms with van der Waals surface area (Å²) in [5.41, 5.74) is 2.59. The molecule has 1 atom stereocenters. The second kappa shape index (κ2) is 7.55. The lowest BCUT2D eigenvalue weighted by Crippen LogP contribution is -2.44. The minimum Gasteiger partial charge on any atom is -0.357 e. The summed E-state index contributed by atoms with van der Waals surface area (Å²) in [5.74, 6) is 1.13. The van der Waals surface area contributed by atoms with Gasteiger partial charge in [0.25, 0.3) is 0 Å². The zero-order valence-electron chi connectivity index (χ0n) is 15.1. The van der Waals surface area contributed by atoms with Crippen molar-refractivity contribution in [2.45, 2.75) is 52.1 Å². The van der Waals surface area contributed by atoms with Crippen LogP contribution < -0.4 is 10.6 Å². The summed E-state index contributed by atoms with van der Waals surface area (Å²) in [4.78, 5) is 4.59. The first-order valence-corrected chi connectivity index (χ1v) is 10.4. The molecule has 0 spiro atoms. The molecule has 1 heterocycles. The molecule has 0 saturated carbocycles. The van der Waals surface area contributed by atoms with Crippen LogP contribution in [0.4, 0.5) is 0 Å². The molecule has 24 heavy (non-hydrogen) atoms. The van der Waals surface area contributed by atoms with Gasteiger partial charge >= 0.3 is 0 Å². The Morgan fingerprint density at radius 3 is 2.42 bits per heavy atom. The lowest BCUT2D eigenvalue weighted by molar-refractivity contribution is 0.590. The van der Waals surface area contributed by atoms with Gasteiger partial charge in [0.15, 0.2) is 15.8 Å². The number of rotatable bonds is 4. The highest BCUT2D eigenvalue weighted by molar-refractivity contribution is 7.91. The van der Waals surface area contributed by atoms with Crippen molar-refractivity contribution >= 4 is 15.8 Å². The summed E-state index contributed by atoms with van der Waals surface area (Å²) in [6.07, 6.45) is 0.646. The highest BCUT2D eigenvalue weighted by atomic mass is 32.2. The van der Waals surface area contributed by atoms with E-state index in [0.717, 1.165) is 12.1 Å². The van der Waals surface area contributed by atoms with Crippen LogP contribution in [0.15, 0.2) is 29.3 Å². The van der Waals surface area contributed by atoms with Gasteiger partial charge in [0.1, 0.15) is 0 Å². The summed E-state index contributed by atoms with van der Waals surface area (Å²) in [6, 6.07) is 8.46. The summed E-state index contributed by atoms with van der Waals surface area (Å²) in [5, 5.41) is 6.42. The maximum atomic E-state index is 11.6. The summed E-state index contributed by atoms with van der Waals surface area (Å²) < 4.78 is 23.1. The van der Waals surface area contributed by atoms with Gasteiger partial charge in [0, 0.05) is 12.6 Å². The molecule has 0 aromatic heterocycles. The molecule has 2 N–H and O–H groups in total. The van der Waals surface area contributed by atoms with E-state index in [1.54, 1.807) is 0 Å². The van der Waals surface area contributed by atoms with E-state index in [0.29, 0.717) is 18.9 Å². The zero-order chi connectivity index (χ0) is 17.8. The van der Waals surface area contributed by atoms with Crippen LogP contribution in [0.1, 0.15) is 45.2 Å². The van der Waals surface area contributed by atoms with Crippen LogP contribution in [0.3, 0.4) is 0 Å². The Morgan fingerprint density at radius 2 is 1.92 bits per heavy atom. The fraction of sp³-hybridized carbons (Fsp3) is 0.611. The van der Waals surface area contributed by atoms with Crippen LogP contribution in [0.25, 0.3) is 0 Å². The highest BCUT2D eigenvalue weighted by Crippen LogP contribution is 2.22. The maximum absolute atomic E-state index is 11.6. The molecule has 5 nitrogen and oxygen atoms in total. The summed E-state index contributed by atoms with van der Waals surface area (Å²) in [6.45, 7) is 9.91. The second-order valence-corrected chi connectivity index (χ2v) is 9.62. The van der Waals surface area contributed by atoms with Gasteiger partial charge < -0.3 is 10.6 Å².